The second-order valence-electron chi connectivity index (χ2n) is 3.61. The summed E-state index contributed by atoms with van der Waals surface area (Å²) in [4.78, 5) is 23.9. The zero-order valence-corrected chi connectivity index (χ0v) is 9.77. The molecule has 1 aromatic carbocycles. The van der Waals surface area contributed by atoms with Gasteiger partial charge in [-0.2, -0.15) is 0 Å². The van der Waals surface area contributed by atoms with E-state index in [0.29, 0.717) is 5.69 Å². The van der Waals surface area contributed by atoms with Gasteiger partial charge in [0, 0.05) is 18.4 Å². The fourth-order valence-corrected chi connectivity index (χ4v) is 2.13. The van der Waals surface area contributed by atoms with Crippen molar-refractivity contribution in [3.05, 3.63) is 36.4 Å². The largest absolute Gasteiger partial charge is 0.269 e. The number of nitrogens with zero attached hydrogens (tertiary/aromatic N) is 1. The minimum Gasteiger partial charge on any atom is -0.269 e. The van der Waals surface area contributed by atoms with E-state index in [2.05, 4.69) is 0 Å². The topological polar surface area (TPSA) is 71.5 Å². The van der Waals surface area contributed by atoms with E-state index in [4.69, 9.17) is 0 Å². The van der Waals surface area contributed by atoms with Crippen molar-refractivity contribution in [1.82, 2.24) is 0 Å². The van der Waals surface area contributed by atoms with Crippen LogP contribution in [0.1, 0.15) is 0 Å². The molecule has 0 spiro atoms. The predicted octanol–water partition coefficient (Wildman–Crippen LogP) is 0.520. The van der Waals surface area contributed by atoms with Crippen LogP contribution in [-0.2, 0) is 19.4 Å². The molecule has 0 saturated carbocycles. The Morgan fingerprint density at radius 3 is 1.82 bits per heavy atom. The molecule has 1 heterocycles. The van der Waals surface area contributed by atoms with Gasteiger partial charge in [0.15, 0.2) is 9.84 Å². The number of hydrogen-bond donors (Lipinski definition) is 0. The Kier molecular flexibility index (Phi) is 2.59. The van der Waals surface area contributed by atoms with Crippen molar-refractivity contribution in [2.75, 3.05) is 11.2 Å². The van der Waals surface area contributed by atoms with Crippen LogP contribution in [0.25, 0.3) is 0 Å². The Labute approximate surface area is 98.3 Å². The van der Waals surface area contributed by atoms with Crippen LogP contribution in [0.5, 0.6) is 0 Å². The highest BCUT2D eigenvalue weighted by molar-refractivity contribution is 7.90. The molecule has 1 aliphatic heterocycles. The Morgan fingerprint density at radius 2 is 1.41 bits per heavy atom. The molecule has 1 aliphatic rings. The normalized spacial score (nSPS) is 15.7. The molecule has 0 aromatic heterocycles. The number of benzene rings is 1. The highest BCUT2D eigenvalue weighted by Crippen LogP contribution is 2.21. The van der Waals surface area contributed by atoms with Gasteiger partial charge < -0.3 is 0 Å². The maximum Gasteiger partial charge on any atom is 0.258 e. The summed E-state index contributed by atoms with van der Waals surface area (Å²) < 4.78 is 22.5. The molecule has 6 heteroatoms. The molecule has 0 atom stereocenters. The molecule has 0 saturated heterocycles. The van der Waals surface area contributed by atoms with Gasteiger partial charge in [-0.15, -0.1) is 0 Å². The monoisotopic (exact) mass is 251 g/mol. The Morgan fingerprint density at radius 1 is 0.941 bits per heavy atom. The number of carbonyl (C=O) groups is 2. The van der Waals surface area contributed by atoms with E-state index < -0.39 is 21.7 Å². The van der Waals surface area contributed by atoms with Crippen LogP contribution in [0.15, 0.2) is 41.3 Å². The minimum absolute atomic E-state index is 0.147. The van der Waals surface area contributed by atoms with E-state index in [1.54, 1.807) is 0 Å². The summed E-state index contributed by atoms with van der Waals surface area (Å²) in [6, 6.07) is 5.59. The van der Waals surface area contributed by atoms with Gasteiger partial charge >= 0.3 is 0 Å². The van der Waals surface area contributed by atoms with E-state index >= 15 is 0 Å². The van der Waals surface area contributed by atoms with Gasteiger partial charge in [0.05, 0.1) is 10.6 Å². The van der Waals surface area contributed by atoms with Crippen LogP contribution in [0.2, 0.25) is 0 Å². The van der Waals surface area contributed by atoms with E-state index in [-0.39, 0.29) is 4.90 Å². The summed E-state index contributed by atoms with van der Waals surface area (Å²) in [6.07, 6.45) is 3.44. The highest BCUT2D eigenvalue weighted by Gasteiger charge is 2.25. The molecule has 17 heavy (non-hydrogen) atoms. The average Bonchev–Trinajstić information content (AvgIpc) is 2.58. The number of sulfone groups is 1. The first-order chi connectivity index (χ1) is 7.89. The SMILES string of the molecule is CS(=O)(=O)c1ccc(N2C(=O)C=CC2=O)cc1. The van der Waals surface area contributed by atoms with Gasteiger partial charge in [-0.25, -0.2) is 13.3 Å². The molecule has 2 rings (SSSR count). The molecule has 0 bridgehead atoms. The molecule has 1 aromatic rings. The lowest BCUT2D eigenvalue weighted by molar-refractivity contribution is -0.119. The third-order valence-corrected chi connectivity index (χ3v) is 3.46. The fourth-order valence-electron chi connectivity index (χ4n) is 1.50. The van der Waals surface area contributed by atoms with Crippen LogP contribution in [-0.4, -0.2) is 26.5 Å². The lowest BCUT2D eigenvalue weighted by Gasteiger charge is -2.13. The minimum atomic E-state index is -3.27. The van der Waals surface area contributed by atoms with E-state index in [9.17, 15) is 18.0 Å². The van der Waals surface area contributed by atoms with E-state index in [0.717, 1.165) is 11.2 Å². The Balaban J connectivity index is 2.37. The molecule has 5 nitrogen and oxygen atoms in total. The first-order valence-corrected chi connectivity index (χ1v) is 6.65. The Bertz CT molecular complexity index is 595. The lowest BCUT2D eigenvalue weighted by Crippen LogP contribution is -2.29. The molecular formula is C11H9NO4S. The first-order valence-electron chi connectivity index (χ1n) is 4.76. The third kappa shape index (κ3) is 2.12. The van der Waals surface area contributed by atoms with Gasteiger partial charge in [-0.3, -0.25) is 9.59 Å². The van der Waals surface area contributed by atoms with E-state index in [1.165, 1.54) is 36.4 Å². The maximum absolute atomic E-state index is 11.4. The Hall–Kier alpha value is -1.95. The molecule has 0 fully saturated rings. The van der Waals surface area contributed by atoms with Gasteiger partial charge in [0.1, 0.15) is 0 Å². The van der Waals surface area contributed by atoms with Crippen molar-refractivity contribution in [2.24, 2.45) is 0 Å². The van der Waals surface area contributed by atoms with Crippen LogP contribution in [0.3, 0.4) is 0 Å². The summed E-state index contributed by atoms with van der Waals surface area (Å²) >= 11 is 0. The molecule has 0 aliphatic carbocycles. The molecule has 0 unspecified atom stereocenters. The van der Waals surface area contributed by atoms with Crippen molar-refractivity contribution in [3.63, 3.8) is 0 Å². The van der Waals surface area contributed by atoms with Crippen molar-refractivity contribution in [2.45, 2.75) is 4.90 Å². The number of anilines is 1. The standard InChI is InChI=1S/C11H9NO4S/c1-17(15,16)9-4-2-8(3-5-9)12-10(13)6-7-11(12)14/h2-7H,1H3. The average molecular weight is 251 g/mol. The number of imide groups is 1. The molecule has 0 N–H and O–H groups in total. The zero-order chi connectivity index (χ0) is 12.6. The fraction of sp³-hybridized carbons (Fsp3) is 0.0909. The van der Waals surface area contributed by atoms with Crippen molar-refractivity contribution in [3.8, 4) is 0 Å². The molecular weight excluding hydrogens is 242 g/mol. The van der Waals surface area contributed by atoms with E-state index in [1.807, 2.05) is 0 Å². The number of hydrogen-bond acceptors (Lipinski definition) is 4. The summed E-state index contributed by atoms with van der Waals surface area (Å²) in [5.41, 5.74) is 0.359. The van der Waals surface area contributed by atoms with Crippen LogP contribution in [0.4, 0.5) is 5.69 Å². The molecule has 0 radical (unpaired) electrons. The highest BCUT2D eigenvalue weighted by atomic mass is 32.2. The molecule has 88 valence electrons. The molecule has 2 amide bonds. The third-order valence-electron chi connectivity index (χ3n) is 2.33. The van der Waals surface area contributed by atoms with Crippen LogP contribution < -0.4 is 4.90 Å². The second-order valence-corrected chi connectivity index (χ2v) is 5.63. The van der Waals surface area contributed by atoms with Gasteiger partial charge in [0.25, 0.3) is 11.8 Å². The van der Waals surface area contributed by atoms with Gasteiger partial charge in [-0.05, 0) is 24.3 Å². The lowest BCUT2D eigenvalue weighted by atomic mass is 10.3. The summed E-state index contributed by atoms with van der Waals surface area (Å²) in [5.74, 6) is -0.857. The first kappa shape index (κ1) is 11.5. The smallest absolute Gasteiger partial charge is 0.258 e. The second kappa shape index (κ2) is 3.81. The summed E-state index contributed by atoms with van der Waals surface area (Å²) in [5, 5.41) is 0. The van der Waals surface area contributed by atoms with Gasteiger partial charge in [-0.1, -0.05) is 0 Å². The number of amides is 2. The number of rotatable bonds is 2. The quantitative estimate of drug-likeness (QED) is 0.718. The summed E-state index contributed by atoms with van der Waals surface area (Å²) in [6.45, 7) is 0. The van der Waals surface area contributed by atoms with Crippen LogP contribution in [0, 0.1) is 0 Å². The van der Waals surface area contributed by atoms with Crippen LogP contribution >= 0.6 is 0 Å². The zero-order valence-electron chi connectivity index (χ0n) is 8.95. The van der Waals surface area contributed by atoms with Crippen molar-refractivity contribution >= 4 is 27.3 Å². The number of carbonyl (C=O) groups excluding carboxylic acids is 2. The van der Waals surface area contributed by atoms with Crippen molar-refractivity contribution in [1.29, 1.82) is 0 Å². The summed E-state index contributed by atoms with van der Waals surface area (Å²) in [7, 11) is -3.27. The van der Waals surface area contributed by atoms with Crippen molar-refractivity contribution < 1.29 is 18.0 Å². The maximum atomic E-state index is 11.4. The van der Waals surface area contributed by atoms with Gasteiger partial charge in [0.2, 0.25) is 0 Å². The predicted molar refractivity (Wildman–Crippen MR) is 61.2 cm³/mol.